The van der Waals surface area contributed by atoms with Crippen molar-refractivity contribution in [3.63, 3.8) is 0 Å². The summed E-state index contributed by atoms with van der Waals surface area (Å²) in [5.74, 6) is 0.521. The Kier molecular flexibility index (Phi) is 5.92. The maximum atomic E-state index is 11.7. The van der Waals surface area contributed by atoms with Crippen LogP contribution in [0, 0.1) is 5.92 Å². The predicted octanol–water partition coefficient (Wildman–Crippen LogP) is 1.24. The molecule has 11 heteroatoms. The Labute approximate surface area is 161 Å². The minimum atomic E-state index is -0.864. The van der Waals surface area contributed by atoms with E-state index in [0.29, 0.717) is 37.3 Å². The standard InChI is InChI=1S/C17H24N8O3/c1-24-10-12(8-21-24)22-16-20-9-13(14(18)26)15(23-16)19-5-2-11-3-6-25(7-4-11)17(27)28/h8-11H,2-7H2,1H3,(H2,18,26)(H,27,28)(H2,19,20,22,23). The number of hydrogen-bond donors (Lipinski definition) is 4. The molecule has 150 valence electrons. The molecule has 2 aromatic rings. The van der Waals surface area contributed by atoms with Crippen LogP contribution in [-0.4, -0.2) is 61.4 Å². The second kappa shape index (κ2) is 8.55. The summed E-state index contributed by atoms with van der Waals surface area (Å²) in [6.45, 7) is 1.71. The van der Waals surface area contributed by atoms with Crippen LogP contribution in [0.2, 0.25) is 0 Å². The molecule has 1 saturated heterocycles. The number of aryl methyl sites for hydroxylation is 1. The summed E-state index contributed by atoms with van der Waals surface area (Å²) in [5.41, 5.74) is 6.37. The monoisotopic (exact) mass is 388 g/mol. The fourth-order valence-corrected chi connectivity index (χ4v) is 3.18. The van der Waals surface area contributed by atoms with Gasteiger partial charge in [-0.3, -0.25) is 9.48 Å². The molecular weight excluding hydrogens is 364 g/mol. The number of piperidine rings is 1. The van der Waals surface area contributed by atoms with Gasteiger partial charge in [0, 0.05) is 39.1 Å². The minimum Gasteiger partial charge on any atom is -0.465 e. The molecule has 0 spiro atoms. The number of nitrogens with one attached hydrogen (secondary N) is 2. The molecule has 28 heavy (non-hydrogen) atoms. The quantitative estimate of drug-likeness (QED) is 0.553. The van der Waals surface area contributed by atoms with E-state index in [-0.39, 0.29) is 5.56 Å². The smallest absolute Gasteiger partial charge is 0.407 e. The largest absolute Gasteiger partial charge is 0.465 e. The molecule has 1 fully saturated rings. The highest BCUT2D eigenvalue weighted by Crippen LogP contribution is 2.22. The van der Waals surface area contributed by atoms with Crippen LogP contribution in [0.15, 0.2) is 18.6 Å². The Morgan fingerprint density at radius 2 is 2.07 bits per heavy atom. The first-order valence-electron chi connectivity index (χ1n) is 9.06. The average molecular weight is 388 g/mol. The van der Waals surface area contributed by atoms with Crippen LogP contribution in [-0.2, 0) is 7.05 Å². The molecule has 11 nitrogen and oxygen atoms in total. The normalized spacial score (nSPS) is 14.7. The van der Waals surface area contributed by atoms with Gasteiger partial charge in [-0.25, -0.2) is 9.78 Å². The lowest BCUT2D eigenvalue weighted by molar-refractivity contribution is 0.1000. The molecule has 3 heterocycles. The SMILES string of the molecule is Cn1cc(Nc2ncc(C(N)=O)c(NCCC3CCN(C(=O)O)CC3)n2)cn1. The van der Waals surface area contributed by atoms with Gasteiger partial charge in [0.1, 0.15) is 5.82 Å². The molecule has 0 bridgehead atoms. The van der Waals surface area contributed by atoms with Crippen LogP contribution in [0.4, 0.5) is 22.2 Å². The van der Waals surface area contributed by atoms with E-state index in [9.17, 15) is 9.59 Å². The Morgan fingerprint density at radius 1 is 1.32 bits per heavy atom. The van der Waals surface area contributed by atoms with Crippen molar-refractivity contribution in [2.24, 2.45) is 18.7 Å². The maximum absolute atomic E-state index is 11.7. The fraction of sp³-hybridized carbons (Fsp3) is 0.471. The van der Waals surface area contributed by atoms with Crippen molar-refractivity contribution in [1.82, 2.24) is 24.6 Å². The number of primary amides is 1. The first-order valence-corrected chi connectivity index (χ1v) is 9.06. The Bertz CT molecular complexity index is 845. The molecular formula is C17H24N8O3. The summed E-state index contributed by atoms with van der Waals surface area (Å²) in [4.78, 5) is 32.6. The Hall–Kier alpha value is -3.37. The van der Waals surface area contributed by atoms with E-state index in [1.54, 1.807) is 24.1 Å². The first kappa shape index (κ1) is 19.4. The molecule has 0 radical (unpaired) electrons. The van der Waals surface area contributed by atoms with E-state index in [2.05, 4.69) is 25.7 Å². The van der Waals surface area contributed by atoms with Crippen molar-refractivity contribution in [1.29, 1.82) is 0 Å². The minimum absolute atomic E-state index is 0.220. The van der Waals surface area contributed by atoms with Gasteiger partial charge < -0.3 is 26.4 Å². The summed E-state index contributed by atoms with van der Waals surface area (Å²) in [7, 11) is 1.80. The van der Waals surface area contributed by atoms with Crippen molar-refractivity contribution in [2.45, 2.75) is 19.3 Å². The van der Waals surface area contributed by atoms with Crippen LogP contribution in [0.1, 0.15) is 29.6 Å². The third-order valence-electron chi connectivity index (χ3n) is 4.75. The summed E-state index contributed by atoms with van der Waals surface area (Å²) in [5, 5.41) is 19.3. The number of carbonyl (C=O) groups is 2. The van der Waals surface area contributed by atoms with Crippen LogP contribution >= 0.6 is 0 Å². The molecule has 0 atom stereocenters. The number of likely N-dealkylation sites (tertiary alicyclic amines) is 1. The van der Waals surface area contributed by atoms with Crippen molar-refractivity contribution in [3.05, 3.63) is 24.2 Å². The molecule has 0 aliphatic carbocycles. The highest BCUT2D eigenvalue weighted by atomic mass is 16.4. The van der Waals surface area contributed by atoms with E-state index < -0.39 is 12.0 Å². The number of hydrogen-bond acceptors (Lipinski definition) is 7. The lowest BCUT2D eigenvalue weighted by Gasteiger charge is -2.30. The number of aromatic nitrogens is 4. The van der Waals surface area contributed by atoms with Crippen LogP contribution in [0.3, 0.4) is 0 Å². The lowest BCUT2D eigenvalue weighted by Crippen LogP contribution is -2.37. The van der Waals surface area contributed by atoms with E-state index in [1.165, 1.54) is 11.1 Å². The van der Waals surface area contributed by atoms with Gasteiger partial charge >= 0.3 is 6.09 Å². The van der Waals surface area contributed by atoms with Gasteiger partial charge in [0.15, 0.2) is 0 Å². The molecule has 1 aliphatic rings. The highest BCUT2D eigenvalue weighted by Gasteiger charge is 2.22. The molecule has 0 aromatic carbocycles. The maximum Gasteiger partial charge on any atom is 0.407 e. The van der Waals surface area contributed by atoms with Crippen LogP contribution < -0.4 is 16.4 Å². The highest BCUT2D eigenvalue weighted by molar-refractivity contribution is 5.97. The van der Waals surface area contributed by atoms with Crippen molar-refractivity contribution in [2.75, 3.05) is 30.3 Å². The number of carboxylic acid groups (broad SMARTS) is 1. The number of nitrogens with two attached hydrogens (primary N) is 1. The summed E-state index contributed by atoms with van der Waals surface area (Å²) < 4.78 is 1.65. The number of rotatable bonds is 7. The van der Waals surface area contributed by atoms with Gasteiger partial charge in [0.25, 0.3) is 5.91 Å². The first-order chi connectivity index (χ1) is 13.4. The van der Waals surface area contributed by atoms with E-state index in [1.807, 2.05) is 0 Å². The van der Waals surface area contributed by atoms with Gasteiger partial charge in [0.2, 0.25) is 5.95 Å². The van der Waals surface area contributed by atoms with E-state index >= 15 is 0 Å². The average Bonchev–Trinajstić information content (AvgIpc) is 3.07. The third-order valence-corrected chi connectivity index (χ3v) is 4.75. The second-order valence-corrected chi connectivity index (χ2v) is 6.78. The van der Waals surface area contributed by atoms with Crippen molar-refractivity contribution < 1.29 is 14.7 Å². The predicted molar refractivity (Wildman–Crippen MR) is 102 cm³/mol. The van der Waals surface area contributed by atoms with Gasteiger partial charge in [-0.2, -0.15) is 10.1 Å². The number of nitrogens with zero attached hydrogens (tertiary/aromatic N) is 5. The summed E-state index contributed by atoms with van der Waals surface area (Å²) in [6, 6.07) is 0. The number of carbonyl (C=O) groups excluding carboxylic acids is 1. The summed E-state index contributed by atoms with van der Waals surface area (Å²) in [6.07, 6.45) is 6.45. The van der Waals surface area contributed by atoms with Gasteiger partial charge in [-0.15, -0.1) is 0 Å². The molecule has 5 N–H and O–H groups in total. The Balaban J connectivity index is 1.59. The zero-order valence-corrected chi connectivity index (χ0v) is 15.6. The Morgan fingerprint density at radius 3 is 2.68 bits per heavy atom. The molecule has 2 aromatic heterocycles. The van der Waals surface area contributed by atoms with Gasteiger partial charge in [0.05, 0.1) is 17.4 Å². The molecule has 0 unspecified atom stereocenters. The fourth-order valence-electron chi connectivity index (χ4n) is 3.18. The second-order valence-electron chi connectivity index (χ2n) is 6.78. The number of anilines is 3. The van der Waals surface area contributed by atoms with Crippen LogP contribution in [0.5, 0.6) is 0 Å². The molecule has 3 rings (SSSR count). The van der Waals surface area contributed by atoms with E-state index in [4.69, 9.17) is 10.8 Å². The van der Waals surface area contributed by atoms with E-state index in [0.717, 1.165) is 24.9 Å². The molecule has 2 amide bonds. The molecule has 0 saturated carbocycles. The third kappa shape index (κ3) is 4.87. The number of amides is 2. The summed E-state index contributed by atoms with van der Waals surface area (Å²) >= 11 is 0. The topological polar surface area (TPSA) is 151 Å². The van der Waals surface area contributed by atoms with Crippen molar-refractivity contribution >= 4 is 29.5 Å². The zero-order valence-electron chi connectivity index (χ0n) is 15.6. The van der Waals surface area contributed by atoms with Gasteiger partial charge in [-0.1, -0.05) is 0 Å². The van der Waals surface area contributed by atoms with Crippen molar-refractivity contribution in [3.8, 4) is 0 Å². The van der Waals surface area contributed by atoms with Crippen LogP contribution in [0.25, 0.3) is 0 Å². The zero-order chi connectivity index (χ0) is 20.1. The molecule has 1 aliphatic heterocycles. The van der Waals surface area contributed by atoms with Gasteiger partial charge in [-0.05, 0) is 25.2 Å². The lowest BCUT2D eigenvalue weighted by atomic mass is 9.94.